The van der Waals surface area contributed by atoms with Crippen molar-refractivity contribution in [3.05, 3.63) is 62.5 Å². The lowest BCUT2D eigenvalue weighted by molar-refractivity contribution is -0.119. The van der Waals surface area contributed by atoms with E-state index in [0.717, 1.165) is 17.0 Å². The van der Waals surface area contributed by atoms with E-state index in [0.29, 0.717) is 34.0 Å². The third-order valence-electron chi connectivity index (χ3n) is 4.44. The predicted octanol–water partition coefficient (Wildman–Crippen LogP) is 4.98. The Morgan fingerprint density at radius 3 is 2.50 bits per heavy atom. The number of hydrogen-bond donors (Lipinski definition) is 1. The van der Waals surface area contributed by atoms with Gasteiger partial charge >= 0.3 is 0 Å². The molecule has 2 heterocycles. The summed E-state index contributed by atoms with van der Waals surface area (Å²) in [6.07, 6.45) is 1.66. The third-order valence-corrected chi connectivity index (χ3v) is 5.63. The van der Waals surface area contributed by atoms with Crippen LogP contribution in [-0.2, 0) is 17.9 Å². The number of rotatable bonds is 6. The lowest BCUT2D eigenvalue weighted by Crippen LogP contribution is -2.25. The van der Waals surface area contributed by atoms with E-state index in [1.54, 1.807) is 15.6 Å². The van der Waals surface area contributed by atoms with Gasteiger partial charge in [-0.05, 0) is 25.5 Å². The fourth-order valence-corrected chi connectivity index (χ4v) is 3.33. The fourth-order valence-electron chi connectivity index (χ4n) is 2.80. The van der Waals surface area contributed by atoms with Crippen LogP contribution in [0.2, 0.25) is 15.1 Å². The van der Waals surface area contributed by atoms with Crippen LogP contribution in [0.3, 0.4) is 0 Å². The number of halogens is 3. The minimum Gasteiger partial charge on any atom is -0.308 e. The molecule has 2 aromatic heterocycles. The molecule has 0 saturated carbocycles. The summed E-state index contributed by atoms with van der Waals surface area (Å²) in [5.41, 5.74) is 2.49. The van der Waals surface area contributed by atoms with Crippen LogP contribution in [0.25, 0.3) is 0 Å². The Labute approximate surface area is 178 Å². The summed E-state index contributed by atoms with van der Waals surface area (Å²) in [6, 6.07) is 7.50. The monoisotopic (exact) mass is 439 g/mol. The average Bonchev–Trinajstić information content (AvgIpc) is 3.11. The number of benzene rings is 1. The third kappa shape index (κ3) is 4.51. The lowest BCUT2D eigenvalue weighted by atomic mass is 10.1. The molecule has 3 aromatic rings. The van der Waals surface area contributed by atoms with Gasteiger partial charge < -0.3 is 5.32 Å². The molecule has 3 rings (SSSR count). The molecule has 0 saturated heterocycles. The van der Waals surface area contributed by atoms with Crippen molar-refractivity contribution in [1.29, 1.82) is 0 Å². The van der Waals surface area contributed by atoms with Crippen molar-refractivity contribution in [3.8, 4) is 0 Å². The van der Waals surface area contributed by atoms with Crippen LogP contribution in [0.15, 0.2) is 30.5 Å². The number of nitrogens with zero attached hydrogens (tertiary/aromatic N) is 4. The standard InChI is InChI=1S/C19H20Cl3N5O/c1-11(8-27-13(3)17(22)12(2)24-27)19(28)23-18-16(21)10-26(25-18)9-14-6-4-5-7-15(14)20/h4-7,10-11H,8-9H2,1-3H3,(H,23,25,28). The van der Waals surface area contributed by atoms with E-state index in [1.165, 1.54) is 0 Å². The van der Waals surface area contributed by atoms with Gasteiger partial charge in [0.05, 0.1) is 35.4 Å². The molecule has 148 valence electrons. The minimum absolute atomic E-state index is 0.200. The maximum Gasteiger partial charge on any atom is 0.230 e. The molecule has 0 aliphatic rings. The van der Waals surface area contributed by atoms with Gasteiger partial charge in [-0.3, -0.25) is 14.2 Å². The first-order valence-electron chi connectivity index (χ1n) is 8.73. The van der Waals surface area contributed by atoms with Crippen molar-refractivity contribution in [2.24, 2.45) is 5.92 Å². The number of carbonyl (C=O) groups excluding carboxylic acids is 1. The van der Waals surface area contributed by atoms with Crippen LogP contribution in [0.4, 0.5) is 5.82 Å². The van der Waals surface area contributed by atoms with E-state index >= 15 is 0 Å². The molecule has 0 aliphatic heterocycles. The molecule has 0 aliphatic carbocycles. The zero-order valence-electron chi connectivity index (χ0n) is 15.7. The molecule has 1 unspecified atom stereocenters. The van der Waals surface area contributed by atoms with Gasteiger partial charge in [-0.15, -0.1) is 0 Å². The maximum atomic E-state index is 12.6. The van der Waals surface area contributed by atoms with Gasteiger partial charge in [-0.1, -0.05) is 59.9 Å². The Hall–Kier alpha value is -2.02. The predicted molar refractivity (Wildman–Crippen MR) is 112 cm³/mol. The quantitative estimate of drug-likeness (QED) is 0.588. The summed E-state index contributed by atoms with van der Waals surface area (Å²) >= 11 is 18.6. The SMILES string of the molecule is Cc1nn(CC(C)C(=O)Nc2nn(Cc3ccccc3Cl)cc2Cl)c(C)c1Cl. The van der Waals surface area contributed by atoms with Crippen molar-refractivity contribution in [2.75, 3.05) is 5.32 Å². The average molecular weight is 441 g/mol. The fraction of sp³-hybridized carbons (Fsp3) is 0.316. The van der Waals surface area contributed by atoms with Crippen molar-refractivity contribution in [3.63, 3.8) is 0 Å². The molecule has 0 spiro atoms. The summed E-state index contributed by atoms with van der Waals surface area (Å²) < 4.78 is 3.38. The summed E-state index contributed by atoms with van der Waals surface area (Å²) in [5.74, 6) is -0.232. The molecule has 0 fully saturated rings. The number of aromatic nitrogens is 4. The first-order chi connectivity index (χ1) is 13.3. The highest BCUT2D eigenvalue weighted by molar-refractivity contribution is 6.33. The molecule has 0 radical (unpaired) electrons. The van der Waals surface area contributed by atoms with Gasteiger partial charge in [0.25, 0.3) is 0 Å². The zero-order chi connectivity index (χ0) is 20.4. The van der Waals surface area contributed by atoms with E-state index in [4.69, 9.17) is 34.8 Å². The minimum atomic E-state index is -0.348. The van der Waals surface area contributed by atoms with Gasteiger partial charge in [-0.2, -0.15) is 10.2 Å². The van der Waals surface area contributed by atoms with Gasteiger partial charge in [0.1, 0.15) is 5.02 Å². The molecular weight excluding hydrogens is 421 g/mol. The maximum absolute atomic E-state index is 12.6. The van der Waals surface area contributed by atoms with E-state index in [-0.39, 0.29) is 11.8 Å². The highest BCUT2D eigenvalue weighted by Crippen LogP contribution is 2.23. The molecule has 1 aromatic carbocycles. The Kier molecular flexibility index (Phi) is 6.33. The first-order valence-corrected chi connectivity index (χ1v) is 9.86. The second-order valence-corrected chi connectivity index (χ2v) is 7.86. The number of aryl methyl sites for hydroxylation is 1. The largest absolute Gasteiger partial charge is 0.308 e. The van der Waals surface area contributed by atoms with Crippen LogP contribution in [0, 0.1) is 19.8 Å². The number of hydrogen-bond acceptors (Lipinski definition) is 3. The molecule has 9 heteroatoms. The van der Waals surface area contributed by atoms with E-state index in [1.807, 2.05) is 45.0 Å². The number of carbonyl (C=O) groups is 1. The molecule has 28 heavy (non-hydrogen) atoms. The molecule has 6 nitrogen and oxygen atoms in total. The number of anilines is 1. The van der Waals surface area contributed by atoms with Gasteiger partial charge in [0, 0.05) is 11.2 Å². The number of amides is 1. The van der Waals surface area contributed by atoms with Crippen LogP contribution in [0.5, 0.6) is 0 Å². The van der Waals surface area contributed by atoms with Crippen LogP contribution in [0.1, 0.15) is 23.9 Å². The smallest absolute Gasteiger partial charge is 0.230 e. The number of nitrogens with one attached hydrogen (secondary N) is 1. The molecule has 1 atom stereocenters. The van der Waals surface area contributed by atoms with Gasteiger partial charge in [0.15, 0.2) is 5.82 Å². The van der Waals surface area contributed by atoms with E-state index < -0.39 is 0 Å². The summed E-state index contributed by atoms with van der Waals surface area (Å²) in [6.45, 7) is 6.38. The Balaban J connectivity index is 1.67. The van der Waals surface area contributed by atoms with E-state index in [2.05, 4.69) is 15.5 Å². The van der Waals surface area contributed by atoms with Crippen molar-refractivity contribution in [1.82, 2.24) is 19.6 Å². The normalized spacial score (nSPS) is 12.2. The zero-order valence-corrected chi connectivity index (χ0v) is 18.0. The van der Waals surface area contributed by atoms with Crippen LogP contribution >= 0.6 is 34.8 Å². The topological polar surface area (TPSA) is 64.7 Å². The Morgan fingerprint density at radius 1 is 1.14 bits per heavy atom. The van der Waals surface area contributed by atoms with Gasteiger partial charge in [-0.25, -0.2) is 0 Å². The highest BCUT2D eigenvalue weighted by Gasteiger charge is 2.19. The van der Waals surface area contributed by atoms with Crippen molar-refractivity contribution >= 4 is 46.5 Å². The van der Waals surface area contributed by atoms with Crippen LogP contribution in [-0.4, -0.2) is 25.5 Å². The van der Waals surface area contributed by atoms with E-state index in [9.17, 15) is 4.79 Å². The van der Waals surface area contributed by atoms with Crippen molar-refractivity contribution < 1.29 is 4.79 Å². The summed E-state index contributed by atoms with van der Waals surface area (Å²) in [4.78, 5) is 12.6. The Morgan fingerprint density at radius 2 is 1.86 bits per heavy atom. The summed E-state index contributed by atoms with van der Waals surface area (Å²) in [5, 5.41) is 13.1. The lowest BCUT2D eigenvalue weighted by Gasteiger charge is -2.12. The molecule has 1 N–H and O–H groups in total. The second-order valence-electron chi connectivity index (χ2n) is 6.67. The second kappa shape index (κ2) is 8.55. The molecule has 1 amide bonds. The first kappa shape index (κ1) is 20.7. The molecule has 0 bridgehead atoms. The van der Waals surface area contributed by atoms with Crippen molar-refractivity contribution in [2.45, 2.75) is 33.9 Å². The van der Waals surface area contributed by atoms with Crippen LogP contribution < -0.4 is 5.32 Å². The Bertz CT molecular complexity index is 1010. The summed E-state index contributed by atoms with van der Waals surface area (Å²) in [7, 11) is 0. The highest BCUT2D eigenvalue weighted by atomic mass is 35.5. The molecular formula is C19H20Cl3N5O. The van der Waals surface area contributed by atoms with Gasteiger partial charge in [0.2, 0.25) is 5.91 Å².